The lowest BCUT2D eigenvalue weighted by Gasteiger charge is -2.14. The third-order valence-electron chi connectivity index (χ3n) is 5.71. The lowest BCUT2D eigenvalue weighted by molar-refractivity contribution is 0.355. The van der Waals surface area contributed by atoms with Crippen molar-refractivity contribution in [2.24, 2.45) is 0 Å². The first-order chi connectivity index (χ1) is 17.0. The quantitative estimate of drug-likeness (QED) is 0.408. The second kappa shape index (κ2) is 8.90. The molecule has 1 N–H and O–H groups in total. The zero-order valence-electron chi connectivity index (χ0n) is 18.9. The van der Waals surface area contributed by atoms with Crippen molar-refractivity contribution < 1.29 is 13.9 Å². The van der Waals surface area contributed by atoms with E-state index < -0.39 is 11.2 Å². The molecule has 0 aliphatic rings. The molecule has 2 heterocycles. The van der Waals surface area contributed by atoms with Crippen LogP contribution in [-0.2, 0) is 0 Å². The van der Waals surface area contributed by atoms with E-state index in [1.165, 1.54) is 26.4 Å². The molecule has 0 saturated heterocycles. The van der Waals surface area contributed by atoms with Gasteiger partial charge in [-0.3, -0.25) is 9.78 Å². The predicted molar refractivity (Wildman–Crippen MR) is 132 cm³/mol. The number of nitrogens with one attached hydrogen (secondary N) is 1. The van der Waals surface area contributed by atoms with Crippen molar-refractivity contribution in [3.63, 3.8) is 0 Å². The number of ether oxygens (including phenoxy) is 2. The van der Waals surface area contributed by atoms with Gasteiger partial charge in [-0.2, -0.15) is 0 Å². The van der Waals surface area contributed by atoms with Crippen molar-refractivity contribution in [3.8, 4) is 39.6 Å². The molecule has 0 bridgehead atoms. The van der Waals surface area contributed by atoms with Crippen LogP contribution in [0.15, 0.2) is 88.5 Å². The van der Waals surface area contributed by atoms with Gasteiger partial charge >= 0.3 is 5.69 Å². The third kappa shape index (κ3) is 3.95. The van der Waals surface area contributed by atoms with Crippen molar-refractivity contribution in [3.05, 3.63) is 106 Å². The summed E-state index contributed by atoms with van der Waals surface area (Å²) in [4.78, 5) is 34.0. The Labute approximate surface area is 199 Å². The van der Waals surface area contributed by atoms with Crippen molar-refractivity contribution >= 4 is 11.0 Å². The van der Waals surface area contributed by atoms with Gasteiger partial charge < -0.3 is 9.47 Å². The summed E-state index contributed by atoms with van der Waals surface area (Å²) in [5.74, 6) is 0.628. The average molecular weight is 469 g/mol. The smallest absolute Gasteiger partial charge is 0.334 e. The van der Waals surface area contributed by atoms with Gasteiger partial charge in [0.05, 0.1) is 31.0 Å². The van der Waals surface area contributed by atoms with Crippen LogP contribution in [0.5, 0.6) is 11.5 Å². The molecule has 0 spiro atoms. The number of benzene rings is 3. The van der Waals surface area contributed by atoms with Gasteiger partial charge in [0.25, 0.3) is 5.56 Å². The number of methoxy groups -OCH3 is 2. The minimum Gasteiger partial charge on any atom is -0.493 e. The summed E-state index contributed by atoms with van der Waals surface area (Å²) >= 11 is 0. The van der Waals surface area contributed by atoms with E-state index in [9.17, 15) is 14.0 Å². The highest BCUT2D eigenvalue weighted by Crippen LogP contribution is 2.35. The van der Waals surface area contributed by atoms with E-state index in [2.05, 4.69) is 9.97 Å². The average Bonchev–Trinajstić information content (AvgIpc) is 2.88. The van der Waals surface area contributed by atoms with Crippen molar-refractivity contribution in [2.45, 2.75) is 0 Å². The highest BCUT2D eigenvalue weighted by molar-refractivity contribution is 5.95. The summed E-state index contributed by atoms with van der Waals surface area (Å²) in [5, 5.41) is 0.228. The van der Waals surface area contributed by atoms with Gasteiger partial charge in [-0.1, -0.05) is 24.3 Å². The molecule has 0 amide bonds. The number of rotatable bonds is 5. The van der Waals surface area contributed by atoms with Crippen LogP contribution in [0.4, 0.5) is 4.39 Å². The maximum Gasteiger partial charge on any atom is 0.334 e. The molecule has 0 aliphatic heterocycles. The Hall–Kier alpha value is -4.72. The summed E-state index contributed by atoms with van der Waals surface area (Å²) in [6, 6.07) is 21.5. The van der Waals surface area contributed by atoms with E-state index in [1.807, 2.05) is 0 Å². The molecule has 0 radical (unpaired) electrons. The molecule has 0 aliphatic carbocycles. The van der Waals surface area contributed by atoms with E-state index in [1.54, 1.807) is 66.7 Å². The van der Waals surface area contributed by atoms with Gasteiger partial charge in [0, 0.05) is 11.1 Å². The molecule has 35 heavy (non-hydrogen) atoms. The van der Waals surface area contributed by atoms with Gasteiger partial charge in [-0.25, -0.2) is 18.7 Å². The molecular weight excluding hydrogens is 449 g/mol. The van der Waals surface area contributed by atoms with Crippen LogP contribution in [0.25, 0.3) is 39.1 Å². The fraction of sp³-hybridized carbons (Fsp3) is 0.0741. The number of pyridine rings is 1. The normalized spacial score (nSPS) is 10.9. The zero-order valence-corrected chi connectivity index (χ0v) is 18.9. The Balaban J connectivity index is 1.87. The molecular formula is C27H20FN3O4. The Bertz CT molecular complexity index is 1660. The van der Waals surface area contributed by atoms with Gasteiger partial charge in [0.2, 0.25) is 0 Å². The molecule has 7 nitrogen and oxygen atoms in total. The second-order valence-electron chi connectivity index (χ2n) is 7.76. The van der Waals surface area contributed by atoms with Crippen LogP contribution in [-0.4, -0.2) is 28.8 Å². The molecule has 2 aromatic heterocycles. The Morgan fingerprint density at radius 2 is 1.51 bits per heavy atom. The Morgan fingerprint density at radius 1 is 0.829 bits per heavy atom. The fourth-order valence-corrected chi connectivity index (χ4v) is 4.02. The summed E-state index contributed by atoms with van der Waals surface area (Å²) in [6.45, 7) is 0. The van der Waals surface area contributed by atoms with Crippen LogP contribution in [0.2, 0.25) is 0 Å². The summed E-state index contributed by atoms with van der Waals surface area (Å²) < 4.78 is 25.4. The maximum absolute atomic E-state index is 13.7. The van der Waals surface area contributed by atoms with Crippen LogP contribution >= 0.6 is 0 Å². The van der Waals surface area contributed by atoms with Crippen LogP contribution in [0.3, 0.4) is 0 Å². The number of hydrogen-bond donors (Lipinski definition) is 1. The fourth-order valence-electron chi connectivity index (χ4n) is 4.02. The first-order valence-corrected chi connectivity index (χ1v) is 10.7. The molecule has 3 aromatic carbocycles. The van der Waals surface area contributed by atoms with Gasteiger partial charge in [-0.05, 0) is 60.2 Å². The third-order valence-corrected chi connectivity index (χ3v) is 5.71. The van der Waals surface area contributed by atoms with Gasteiger partial charge in [0.1, 0.15) is 11.5 Å². The lowest BCUT2D eigenvalue weighted by Crippen LogP contribution is -2.34. The van der Waals surface area contributed by atoms with E-state index >= 15 is 0 Å². The molecule has 0 saturated carbocycles. The highest BCUT2D eigenvalue weighted by Gasteiger charge is 2.18. The van der Waals surface area contributed by atoms with Gasteiger partial charge in [0.15, 0.2) is 11.5 Å². The number of para-hydroxylation sites is 1. The molecule has 5 rings (SSSR count). The number of nitrogens with zero attached hydrogens (tertiary/aromatic N) is 2. The standard InChI is InChI=1S/C27H20FN3O4/c1-34-22-13-10-17(14-23(22)35-2)20-15-21(16-8-11-18(28)12-9-16)29-25-24(20)26(32)31(27(33)30-25)19-6-4-3-5-7-19/h3-15H,1-2H3,(H,29,30,33). The summed E-state index contributed by atoms with van der Waals surface area (Å²) in [5.41, 5.74) is 1.70. The lowest BCUT2D eigenvalue weighted by atomic mass is 9.99. The van der Waals surface area contributed by atoms with E-state index in [4.69, 9.17) is 9.47 Å². The number of aromatic amines is 1. The monoisotopic (exact) mass is 469 g/mol. The van der Waals surface area contributed by atoms with Crippen molar-refractivity contribution in [1.29, 1.82) is 0 Å². The first kappa shape index (κ1) is 22.1. The first-order valence-electron chi connectivity index (χ1n) is 10.7. The number of aromatic nitrogens is 3. The minimum absolute atomic E-state index is 0.124. The number of hydrogen-bond acceptors (Lipinski definition) is 5. The van der Waals surface area contributed by atoms with Crippen molar-refractivity contribution in [1.82, 2.24) is 14.5 Å². The summed E-state index contributed by atoms with van der Waals surface area (Å²) in [7, 11) is 3.06. The second-order valence-corrected chi connectivity index (χ2v) is 7.76. The Morgan fingerprint density at radius 3 is 2.20 bits per heavy atom. The SMILES string of the molecule is COc1ccc(-c2cc(-c3ccc(F)cc3)nc3[nH]c(=O)n(-c4ccccc4)c(=O)c23)cc1OC. The number of H-pyrrole nitrogens is 1. The zero-order chi connectivity index (χ0) is 24.5. The molecule has 174 valence electrons. The minimum atomic E-state index is -0.615. The molecule has 8 heteroatoms. The molecule has 0 fully saturated rings. The largest absolute Gasteiger partial charge is 0.493 e. The molecule has 0 atom stereocenters. The van der Waals surface area contributed by atoms with E-state index in [0.29, 0.717) is 39.6 Å². The van der Waals surface area contributed by atoms with Crippen LogP contribution in [0, 0.1) is 5.82 Å². The highest BCUT2D eigenvalue weighted by atomic mass is 19.1. The summed E-state index contributed by atoms with van der Waals surface area (Å²) in [6.07, 6.45) is 0. The van der Waals surface area contributed by atoms with Gasteiger partial charge in [-0.15, -0.1) is 0 Å². The van der Waals surface area contributed by atoms with Crippen LogP contribution < -0.4 is 20.7 Å². The van der Waals surface area contributed by atoms with Crippen molar-refractivity contribution in [2.75, 3.05) is 14.2 Å². The van der Waals surface area contributed by atoms with Crippen LogP contribution in [0.1, 0.15) is 0 Å². The number of halogens is 1. The molecule has 0 unspecified atom stereocenters. The number of fused-ring (bicyclic) bond motifs is 1. The maximum atomic E-state index is 13.7. The molecule has 5 aromatic rings. The topological polar surface area (TPSA) is 86.2 Å². The van der Waals surface area contributed by atoms with E-state index in [-0.39, 0.29) is 16.9 Å². The predicted octanol–water partition coefficient (Wildman–Crippen LogP) is 4.56. The van der Waals surface area contributed by atoms with E-state index in [0.717, 1.165) is 4.57 Å². The Kier molecular flexibility index (Phi) is 5.62.